The van der Waals surface area contributed by atoms with Gasteiger partial charge in [-0.25, -0.2) is 0 Å². The fourth-order valence-corrected chi connectivity index (χ4v) is 4.48. The van der Waals surface area contributed by atoms with Crippen molar-refractivity contribution in [3.05, 3.63) is 35.9 Å². The Hall–Kier alpha value is -1.43. The summed E-state index contributed by atoms with van der Waals surface area (Å²) in [6.07, 6.45) is 3.28. The van der Waals surface area contributed by atoms with Crippen molar-refractivity contribution >= 4 is 5.91 Å². The molecule has 1 N–H and O–H groups in total. The van der Waals surface area contributed by atoms with E-state index in [4.69, 9.17) is 4.84 Å². The van der Waals surface area contributed by atoms with E-state index in [1.807, 2.05) is 35.4 Å². The molecule has 0 bridgehead atoms. The van der Waals surface area contributed by atoms with Crippen molar-refractivity contribution in [3.63, 3.8) is 0 Å². The Morgan fingerprint density at radius 1 is 1.12 bits per heavy atom. The van der Waals surface area contributed by atoms with Crippen LogP contribution in [0, 0.1) is 0 Å². The molecule has 0 saturated carbocycles. The topological polar surface area (TPSA) is 53.0 Å². The van der Waals surface area contributed by atoms with E-state index in [1.165, 1.54) is 0 Å². The molecule has 2 heterocycles. The van der Waals surface area contributed by atoms with Crippen molar-refractivity contribution in [3.8, 4) is 0 Å². The fraction of sp³-hybridized carbons (Fsp3) is 0.667. The molecular formula is C21H32N2O3. The minimum atomic E-state index is -0.521. The summed E-state index contributed by atoms with van der Waals surface area (Å²) in [6.45, 7) is 9.19. The van der Waals surface area contributed by atoms with Crippen LogP contribution >= 0.6 is 0 Å². The first kappa shape index (κ1) is 19.3. The van der Waals surface area contributed by atoms with Gasteiger partial charge in [0, 0.05) is 24.0 Å². The summed E-state index contributed by atoms with van der Waals surface area (Å²) in [4.78, 5) is 21.1. The van der Waals surface area contributed by atoms with Gasteiger partial charge in [-0.15, -0.1) is 0 Å². The van der Waals surface area contributed by atoms with Crippen molar-refractivity contribution in [1.29, 1.82) is 0 Å². The fourth-order valence-electron chi connectivity index (χ4n) is 4.48. The lowest BCUT2D eigenvalue weighted by atomic mass is 9.82. The van der Waals surface area contributed by atoms with Crippen LogP contribution < -0.4 is 0 Å². The summed E-state index contributed by atoms with van der Waals surface area (Å²) < 4.78 is 0. The SMILES string of the molecule is CC1(C)CCCC(C)(C)N1OC1C[C@@H](CO)N(Cc2ccccc2)C1=O. The highest BCUT2D eigenvalue weighted by molar-refractivity contribution is 5.83. The minimum absolute atomic E-state index is 0.0231. The van der Waals surface area contributed by atoms with Crippen molar-refractivity contribution in [2.75, 3.05) is 6.61 Å². The molecule has 5 heteroatoms. The number of benzene rings is 1. The van der Waals surface area contributed by atoms with E-state index in [1.54, 1.807) is 4.90 Å². The minimum Gasteiger partial charge on any atom is -0.394 e. The van der Waals surface area contributed by atoms with Gasteiger partial charge in [0.1, 0.15) is 0 Å². The Balaban J connectivity index is 1.75. The van der Waals surface area contributed by atoms with Crippen molar-refractivity contribution in [2.24, 2.45) is 0 Å². The summed E-state index contributed by atoms with van der Waals surface area (Å²) in [6, 6.07) is 9.72. The maximum Gasteiger partial charge on any atom is 0.254 e. The normalized spacial score (nSPS) is 28.5. The molecular weight excluding hydrogens is 328 g/mol. The lowest BCUT2D eigenvalue weighted by Crippen LogP contribution is -2.59. The molecule has 2 aliphatic heterocycles. The zero-order chi connectivity index (χ0) is 18.9. The van der Waals surface area contributed by atoms with Crippen LogP contribution in [0.2, 0.25) is 0 Å². The number of carbonyl (C=O) groups is 1. The maximum absolute atomic E-state index is 13.0. The molecule has 1 aromatic rings. The van der Waals surface area contributed by atoms with E-state index in [0.29, 0.717) is 13.0 Å². The van der Waals surface area contributed by atoms with Gasteiger partial charge < -0.3 is 10.0 Å². The van der Waals surface area contributed by atoms with Gasteiger partial charge in [-0.3, -0.25) is 9.63 Å². The van der Waals surface area contributed by atoms with Gasteiger partial charge in [0.15, 0.2) is 6.10 Å². The first-order valence-corrected chi connectivity index (χ1v) is 9.67. The van der Waals surface area contributed by atoms with Gasteiger partial charge in [0.25, 0.3) is 5.91 Å². The highest BCUT2D eigenvalue weighted by atomic mass is 16.7. The molecule has 1 unspecified atom stereocenters. The Morgan fingerprint density at radius 3 is 2.31 bits per heavy atom. The van der Waals surface area contributed by atoms with Gasteiger partial charge in [0.05, 0.1) is 12.6 Å². The van der Waals surface area contributed by atoms with Crippen LogP contribution in [0.15, 0.2) is 30.3 Å². The molecule has 1 amide bonds. The zero-order valence-electron chi connectivity index (χ0n) is 16.4. The summed E-state index contributed by atoms with van der Waals surface area (Å²) in [7, 11) is 0. The Kier molecular flexibility index (Phi) is 5.42. The third kappa shape index (κ3) is 3.80. The molecule has 0 aromatic heterocycles. The first-order chi connectivity index (χ1) is 12.2. The number of hydrogen-bond donors (Lipinski definition) is 1. The third-order valence-electron chi connectivity index (χ3n) is 5.80. The Morgan fingerprint density at radius 2 is 1.73 bits per heavy atom. The van der Waals surface area contributed by atoms with Crippen LogP contribution in [-0.2, 0) is 16.2 Å². The van der Waals surface area contributed by atoms with Gasteiger partial charge in [-0.1, -0.05) is 30.3 Å². The first-order valence-electron chi connectivity index (χ1n) is 9.67. The molecule has 3 rings (SSSR count). The number of likely N-dealkylation sites (tertiary alicyclic amines) is 1. The number of carbonyl (C=O) groups excluding carboxylic acids is 1. The van der Waals surface area contributed by atoms with E-state index in [2.05, 4.69) is 27.7 Å². The average Bonchev–Trinajstić information content (AvgIpc) is 2.87. The number of rotatable bonds is 5. The predicted molar refractivity (Wildman–Crippen MR) is 101 cm³/mol. The second-order valence-electron chi connectivity index (χ2n) is 8.89. The summed E-state index contributed by atoms with van der Waals surface area (Å²) in [5.74, 6) is -0.0231. The van der Waals surface area contributed by atoms with Crippen LogP contribution in [0.3, 0.4) is 0 Å². The molecule has 0 radical (unpaired) electrons. The highest BCUT2D eigenvalue weighted by Crippen LogP contribution is 2.40. The monoisotopic (exact) mass is 360 g/mol. The molecule has 2 aliphatic rings. The van der Waals surface area contributed by atoms with Crippen LogP contribution in [0.5, 0.6) is 0 Å². The third-order valence-corrected chi connectivity index (χ3v) is 5.80. The van der Waals surface area contributed by atoms with Crippen molar-refractivity contribution < 1.29 is 14.7 Å². The molecule has 1 aromatic carbocycles. The Labute approximate surface area is 156 Å². The number of hydroxylamine groups is 2. The standard InChI is InChI=1S/C21H32N2O3/c1-20(2)11-8-12-21(3,4)23(20)26-18-13-17(15-24)22(19(18)25)14-16-9-6-5-7-10-16/h5-7,9-10,17-18,24H,8,11-15H2,1-4H3/t17-,18?/m0/s1. The molecule has 5 nitrogen and oxygen atoms in total. The van der Waals surface area contributed by atoms with Crippen molar-refractivity contribution in [2.45, 2.75) is 83.1 Å². The van der Waals surface area contributed by atoms with Gasteiger partial charge in [-0.05, 0) is 52.5 Å². The molecule has 0 aliphatic carbocycles. The maximum atomic E-state index is 13.0. The van der Waals surface area contributed by atoms with Crippen LogP contribution in [-0.4, -0.2) is 50.8 Å². The van der Waals surface area contributed by atoms with E-state index in [-0.39, 0.29) is 29.6 Å². The quantitative estimate of drug-likeness (QED) is 0.877. The molecule has 2 saturated heterocycles. The number of aliphatic hydroxyl groups is 1. The van der Waals surface area contributed by atoms with E-state index >= 15 is 0 Å². The second-order valence-corrected chi connectivity index (χ2v) is 8.89. The van der Waals surface area contributed by atoms with Crippen LogP contribution in [0.1, 0.15) is 58.9 Å². The van der Waals surface area contributed by atoms with E-state index in [9.17, 15) is 9.90 Å². The van der Waals surface area contributed by atoms with Crippen LogP contribution in [0.25, 0.3) is 0 Å². The molecule has 144 valence electrons. The molecule has 26 heavy (non-hydrogen) atoms. The van der Waals surface area contributed by atoms with Crippen LogP contribution in [0.4, 0.5) is 0 Å². The van der Waals surface area contributed by atoms with Gasteiger partial charge in [-0.2, -0.15) is 5.06 Å². The van der Waals surface area contributed by atoms with Gasteiger partial charge in [0.2, 0.25) is 0 Å². The van der Waals surface area contributed by atoms with Crippen molar-refractivity contribution in [1.82, 2.24) is 9.96 Å². The number of amides is 1. The summed E-state index contributed by atoms with van der Waals surface area (Å²) >= 11 is 0. The predicted octanol–water partition coefficient (Wildman–Crippen LogP) is 3.12. The average molecular weight is 360 g/mol. The highest BCUT2D eigenvalue weighted by Gasteiger charge is 2.48. The van der Waals surface area contributed by atoms with Gasteiger partial charge >= 0.3 is 0 Å². The number of piperidine rings is 1. The molecule has 0 spiro atoms. The summed E-state index contributed by atoms with van der Waals surface area (Å²) in [5, 5.41) is 11.8. The summed E-state index contributed by atoms with van der Waals surface area (Å²) in [5.41, 5.74) is 0.853. The lowest BCUT2D eigenvalue weighted by molar-refractivity contribution is -0.297. The second kappa shape index (κ2) is 7.29. The largest absolute Gasteiger partial charge is 0.394 e. The zero-order valence-corrected chi connectivity index (χ0v) is 16.4. The van der Waals surface area contributed by atoms with E-state index < -0.39 is 6.10 Å². The molecule has 2 atom stereocenters. The number of hydrogen-bond acceptors (Lipinski definition) is 4. The Bertz CT molecular complexity index is 613. The van der Waals surface area contributed by atoms with E-state index in [0.717, 1.165) is 24.8 Å². The number of nitrogens with zero attached hydrogens (tertiary/aromatic N) is 2. The molecule has 2 fully saturated rings. The smallest absolute Gasteiger partial charge is 0.254 e. The lowest BCUT2D eigenvalue weighted by Gasteiger charge is -2.51. The number of aliphatic hydroxyl groups excluding tert-OH is 1.